The van der Waals surface area contributed by atoms with Crippen molar-refractivity contribution in [1.29, 1.82) is 0 Å². The smallest absolute Gasteiger partial charge is 0.262 e. The Kier molecular flexibility index (Phi) is 3.45. The van der Waals surface area contributed by atoms with E-state index < -0.39 is 0 Å². The number of carbonyl (C=O) groups is 1. The molecule has 1 amide bonds. The van der Waals surface area contributed by atoms with Gasteiger partial charge in [0.25, 0.3) is 5.91 Å². The van der Waals surface area contributed by atoms with E-state index in [1.807, 2.05) is 18.2 Å². The van der Waals surface area contributed by atoms with Crippen LogP contribution >= 0.6 is 0 Å². The average molecular weight is 201 g/mol. The first-order chi connectivity index (χ1) is 7.04. The van der Waals surface area contributed by atoms with Gasteiger partial charge in [-0.05, 0) is 26.0 Å². The fourth-order valence-electron chi connectivity index (χ4n) is 1.38. The summed E-state index contributed by atoms with van der Waals surface area (Å²) < 4.78 is 0. The maximum Gasteiger partial charge on any atom is 0.262 e. The predicted molar refractivity (Wildman–Crippen MR) is 62.2 cm³/mol. The fourth-order valence-corrected chi connectivity index (χ4v) is 1.38. The van der Waals surface area contributed by atoms with E-state index in [1.54, 1.807) is 26.0 Å². The Labute approximate surface area is 90.5 Å². The molecule has 1 aromatic rings. The van der Waals surface area contributed by atoms with Gasteiger partial charge in [-0.2, -0.15) is 0 Å². The monoisotopic (exact) mass is 201 g/mol. The number of amides is 1. The Bertz CT molecular complexity index is 378. The van der Waals surface area contributed by atoms with Crippen LogP contribution in [0.3, 0.4) is 0 Å². The van der Waals surface area contributed by atoms with Gasteiger partial charge in [0, 0.05) is 17.0 Å². The summed E-state index contributed by atoms with van der Waals surface area (Å²) in [6.07, 6.45) is 0. The highest BCUT2D eigenvalue weighted by atomic mass is 16.2. The molecule has 1 rings (SSSR count). The van der Waals surface area contributed by atoms with Crippen molar-refractivity contribution in [3.05, 3.63) is 60.4 Å². The quantitative estimate of drug-likeness (QED) is 0.735. The summed E-state index contributed by atoms with van der Waals surface area (Å²) >= 11 is 0. The number of hydrogen-bond acceptors (Lipinski definition) is 1. The second-order valence-electron chi connectivity index (χ2n) is 3.48. The van der Waals surface area contributed by atoms with Crippen LogP contribution in [0.25, 0.3) is 0 Å². The molecule has 0 saturated heterocycles. The maximum absolute atomic E-state index is 12.0. The van der Waals surface area contributed by atoms with Crippen LogP contribution in [0.5, 0.6) is 0 Å². The summed E-state index contributed by atoms with van der Waals surface area (Å²) in [4.78, 5) is 13.5. The molecule has 0 saturated carbocycles. The molecule has 0 atom stereocenters. The van der Waals surface area contributed by atoms with Gasteiger partial charge in [0.2, 0.25) is 0 Å². The van der Waals surface area contributed by atoms with Crippen LogP contribution in [-0.2, 0) is 0 Å². The highest BCUT2D eigenvalue weighted by Crippen LogP contribution is 2.14. The van der Waals surface area contributed by atoms with E-state index >= 15 is 0 Å². The van der Waals surface area contributed by atoms with Crippen molar-refractivity contribution in [2.75, 3.05) is 0 Å². The van der Waals surface area contributed by atoms with E-state index in [-0.39, 0.29) is 5.91 Å². The van der Waals surface area contributed by atoms with Gasteiger partial charge >= 0.3 is 0 Å². The molecule has 0 bridgehead atoms. The zero-order valence-corrected chi connectivity index (χ0v) is 9.16. The second kappa shape index (κ2) is 4.60. The summed E-state index contributed by atoms with van der Waals surface area (Å²) in [5, 5.41) is 0. The molecule has 2 nitrogen and oxygen atoms in total. The van der Waals surface area contributed by atoms with Gasteiger partial charge in [-0.25, -0.2) is 0 Å². The van der Waals surface area contributed by atoms with Crippen molar-refractivity contribution < 1.29 is 4.79 Å². The Balaban J connectivity index is 3.02. The van der Waals surface area contributed by atoms with Crippen molar-refractivity contribution in [2.24, 2.45) is 0 Å². The Morgan fingerprint density at radius 1 is 1.07 bits per heavy atom. The van der Waals surface area contributed by atoms with E-state index in [9.17, 15) is 4.79 Å². The summed E-state index contributed by atoms with van der Waals surface area (Å²) in [6.45, 7) is 11.1. The lowest BCUT2D eigenvalue weighted by atomic mass is 10.2. The number of hydrogen-bond donors (Lipinski definition) is 0. The van der Waals surface area contributed by atoms with Gasteiger partial charge in [-0.1, -0.05) is 31.4 Å². The molecule has 0 aliphatic heterocycles. The molecule has 0 heterocycles. The van der Waals surface area contributed by atoms with Crippen molar-refractivity contribution >= 4 is 5.91 Å². The van der Waals surface area contributed by atoms with Crippen molar-refractivity contribution in [3.63, 3.8) is 0 Å². The van der Waals surface area contributed by atoms with Crippen molar-refractivity contribution in [1.82, 2.24) is 4.90 Å². The lowest BCUT2D eigenvalue weighted by molar-refractivity contribution is 0.0846. The van der Waals surface area contributed by atoms with Gasteiger partial charge < -0.3 is 0 Å². The van der Waals surface area contributed by atoms with Crippen molar-refractivity contribution in [2.45, 2.75) is 13.8 Å². The molecule has 0 spiro atoms. The largest absolute Gasteiger partial charge is 0.286 e. The number of nitrogens with zero attached hydrogens (tertiary/aromatic N) is 1. The van der Waals surface area contributed by atoms with Crippen LogP contribution in [0.15, 0.2) is 54.9 Å². The maximum atomic E-state index is 12.0. The SMILES string of the molecule is C=C(C)N(C(=C)C)C(=O)c1ccccc1. The minimum absolute atomic E-state index is 0.0874. The van der Waals surface area contributed by atoms with Gasteiger partial charge in [0.05, 0.1) is 0 Å². The Morgan fingerprint density at radius 3 is 1.93 bits per heavy atom. The molecule has 1 aromatic carbocycles. The summed E-state index contributed by atoms with van der Waals surface area (Å²) in [5.41, 5.74) is 2.00. The lowest BCUT2D eigenvalue weighted by Gasteiger charge is -2.22. The third kappa shape index (κ3) is 2.56. The van der Waals surface area contributed by atoms with Crippen LogP contribution in [0.4, 0.5) is 0 Å². The van der Waals surface area contributed by atoms with E-state index in [2.05, 4.69) is 13.2 Å². The molecular weight excluding hydrogens is 186 g/mol. The zero-order valence-electron chi connectivity index (χ0n) is 9.16. The van der Waals surface area contributed by atoms with E-state index in [0.717, 1.165) is 0 Å². The van der Waals surface area contributed by atoms with Crippen LogP contribution in [-0.4, -0.2) is 10.8 Å². The normalized spacial score (nSPS) is 9.47. The highest BCUT2D eigenvalue weighted by molar-refractivity contribution is 5.96. The number of carbonyl (C=O) groups excluding carboxylic acids is 1. The molecular formula is C13H15NO. The van der Waals surface area contributed by atoms with Crippen LogP contribution in [0.2, 0.25) is 0 Å². The van der Waals surface area contributed by atoms with E-state index in [4.69, 9.17) is 0 Å². The summed E-state index contributed by atoms with van der Waals surface area (Å²) in [6, 6.07) is 9.11. The minimum atomic E-state index is -0.0874. The first kappa shape index (κ1) is 11.2. The van der Waals surface area contributed by atoms with Crippen LogP contribution in [0.1, 0.15) is 24.2 Å². The number of rotatable bonds is 3. The molecule has 0 aliphatic rings. The molecule has 78 valence electrons. The third-order valence-electron chi connectivity index (χ3n) is 1.99. The van der Waals surface area contributed by atoms with E-state index in [0.29, 0.717) is 17.0 Å². The molecule has 0 fully saturated rings. The summed E-state index contributed by atoms with van der Waals surface area (Å²) in [7, 11) is 0. The van der Waals surface area contributed by atoms with Crippen LogP contribution < -0.4 is 0 Å². The fraction of sp³-hybridized carbons (Fsp3) is 0.154. The Morgan fingerprint density at radius 2 is 1.53 bits per heavy atom. The predicted octanol–water partition coefficient (Wildman–Crippen LogP) is 3.20. The van der Waals surface area contributed by atoms with E-state index in [1.165, 1.54) is 4.90 Å². The molecule has 0 aromatic heterocycles. The van der Waals surface area contributed by atoms with Gasteiger partial charge in [0.1, 0.15) is 0 Å². The molecule has 0 unspecified atom stereocenters. The minimum Gasteiger partial charge on any atom is -0.286 e. The van der Waals surface area contributed by atoms with Gasteiger partial charge in [-0.3, -0.25) is 9.69 Å². The summed E-state index contributed by atoms with van der Waals surface area (Å²) in [5.74, 6) is -0.0874. The number of allylic oxidation sites excluding steroid dienone is 2. The van der Waals surface area contributed by atoms with Gasteiger partial charge in [-0.15, -0.1) is 0 Å². The first-order valence-electron chi connectivity index (χ1n) is 4.74. The van der Waals surface area contributed by atoms with Crippen molar-refractivity contribution in [3.8, 4) is 0 Å². The molecule has 2 heteroatoms. The second-order valence-corrected chi connectivity index (χ2v) is 3.48. The highest BCUT2D eigenvalue weighted by Gasteiger charge is 2.16. The standard InChI is InChI=1S/C13H15NO/c1-10(2)14(11(3)4)13(15)12-8-6-5-7-9-12/h5-9H,1,3H2,2,4H3. The number of benzene rings is 1. The molecule has 0 aliphatic carbocycles. The average Bonchev–Trinajstić information content (AvgIpc) is 2.18. The first-order valence-corrected chi connectivity index (χ1v) is 4.74. The van der Waals surface area contributed by atoms with Gasteiger partial charge in [0.15, 0.2) is 0 Å². The molecule has 0 radical (unpaired) electrons. The topological polar surface area (TPSA) is 20.3 Å². The molecule has 0 N–H and O–H groups in total. The van der Waals surface area contributed by atoms with Crippen LogP contribution in [0, 0.1) is 0 Å². The Hall–Kier alpha value is -1.83. The third-order valence-corrected chi connectivity index (χ3v) is 1.99. The zero-order chi connectivity index (χ0) is 11.4. The lowest BCUT2D eigenvalue weighted by Crippen LogP contribution is -2.26. The molecule has 15 heavy (non-hydrogen) atoms.